The van der Waals surface area contributed by atoms with Crippen LogP contribution in [-0.4, -0.2) is 43.7 Å². The lowest BCUT2D eigenvalue weighted by atomic mass is 10.1. The number of hydrogen-bond acceptors (Lipinski definition) is 4. The van der Waals surface area contributed by atoms with Crippen LogP contribution < -0.4 is 10.5 Å². The highest BCUT2D eigenvalue weighted by molar-refractivity contribution is 5.77. The molecule has 1 saturated heterocycles. The molecule has 0 radical (unpaired) electrons. The Bertz CT molecular complexity index is 468. The van der Waals surface area contributed by atoms with Crippen molar-refractivity contribution in [2.75, 3.05) is 32.9 Å². The standard InChI is InChI=1S/C15H22N2O3/c1-11-9-13(12(2)16)3-4-14(11)20-10-15(18)17-5-7-19-8-6-17/h3-4,9,12H,5-8,10,16H2,1-2H3/t12-/m1/s1. The van der Waals surface area contributed by atoms with Gasteiger partial charge in [-0.1, -0.05) is 12.1 Å². The van der Waals surface area contributed by atoms with Crippen LogP contribution in [0.25, 0.3) is 0 Å². The normalized spacial score (nSPS) is 16.9. The number of aryl methyl sites for hydroxylation is 1. The molecule has 1 atom stereocenters. The second-order valence-corrected chi connectivity index (χ2v) is 5.10. The van der Waals surface area contributed by atoms with Gasteiger partial charge in [0, 0.05) is 19.1 Å². The van der Waals surface area contributed by atoms with Crippen LogP contribution in [0.5, 0.6) is 5.75 Å². The third kappa shape index (κ3) is 3.71. The molecular weight excluding hydrogens is 256 g/mol. The summed E-state index contributed by atoms with van der Waals surface area (Å²) in [5.74, 6) is 0.736. The average Bonchev–Trinajstić information content (AvgIpc) is 2.46. The molecule has 1 aliphatic rings. The average molecular weight is 278 g/mol. The second-order valence-electron chi connectivity index (χ2n) is 5.10. The maximum Gasteiger partial charge on any atom is 0.260 e. The number of nitrogens with two attached hydrogens (primary N) is 1. The summed E-state index contributed by atoms with van der Waals surface area (Å²) in [6.45, 7) is 6.47. The number of carbonyl (C=O) groups excluding carboxylic acids is 1. The van der Waals surface area contributed by atoms with Crippen molar-refractivity contribution in [3.05, 3.63) is 29.3 Å². The monoisotopic (exact) mass is 278 g/mol. The minimum absolute atomic E-state index is 0.00210. The van der Waals surface area contributed by atoms with E-state index in [9.17, 15) is 4.79 Å². The summed E-state index contributed by atoms with van der Waals surface area (Å²) in [7, 11) is 0. The van der Waals surface area contributed by atoms with Crippen LogP contribution in [0.4, 0.5) is 0 Å². The third-order valence-corrected chi connectivity index (χ3v) is 3.44. The Kier molecular flexibility index (Phi) is 4.98. The molecule has 110 valence electrons. The molecular formula is C15H22N2O3. The van der Waals surface area contributed by atoms with Crippen molar-refractivity contribution in [3.8, 4) is 5.75 Å². The van der Waals surface area contributed by atoms with E-state index in [0.717, 1.165) is 16.9 Å². The van der Waals surface area contributed by atoms with E-state index in [1.165, 1.54) is 0 Å². The minimum atomic E-state index is -0.00210. The van der Waals surface area contributed by atoms with Crippen LogP contribution in [0.15, 0.2) is 18.2 Å². The van der Waals surface area contributed by atoms with Crippen molar-refractivity contribution >= 4 is 5.91 Å². The molecule has 0 spiro atoms. The fourth-order valence-corrected chi connectivity index (χ4v) is 2.16. The Labute approximate surface area is 119 Å². The Morgan fingerprint density at radius 2 is 2.15 bits per heavy atom. The highest BCUT2D eigenvalue weighted by Gasteiger charge is 2.17. The van der Waals surface area contributed by atoms with Crippen LogP contribution in [0.2, 0.25) is 0 Å². The summed E-state index contributed by atoms with van der Waals surface area (Å²) in [6, 6.07) is 5.81. The topological polar surface area (TPSA) is 64.8 Å². The number of ether oxygens (including phenoxy) is 2. The summed E-state index contributed by atoms with van der Waals surface area (Å²) in [5.41, 5.74) is 7.90. The van der Waals surface area contributed by atoms with Gasteiger partial charge in [0.05, 0.1) is 13.2 Å². The third-order valence-electron chi connectivity index (χ3n) is 3.44. The predicted molar refractivity (Wildman–Crippen MR) is 76.7 cm³/mol. The highest BCUT2D eigenvalue weighted by Crippen LogP contribution is 2.21. The van der Waals surface area contributed by atoms with E-state index in [0.29, 0.717) is 26.3 Å². The van der Waals surface area contributed by atoms with Crippen LogP contribution in [0.1, 0.15) is 24.1 Å². The fourth-order valence-electron chi connectivity index (χ4n) is 2.16. The van der Waals surface area contributed by atoms with E-state index < -0.39 is 0 Å². The van der Waals surface area contributed by atoms with Crippen LogP contribution in [-0.2, 0) is 9.53 Å². The molecule has 0 aliphatic carbocycles. The van der Waals surface area contributed by atoms with Gasteiger partial charge in [-0.25, -0.2) is 0 Å². The summed E-state index contributed by atoms with van der Waals surface area (Å²) < 4.78 is 10.8. The van der Waals surface area contributed by atoms with Crippen molar-refractivity contribution in [1.82, 2.24) is 4.90 Å². The molecule has 20 heavy (non-hydrogen) atoms. The van der Waals surface area contributed by atoms with Crippen LogP contribution in [0, 0.1) is 6.92 Å². The van der Waals surface area contributed by atoms with E-state index in [1.54, 1.807) is 4.90 Å². The zero-order chi connectivity index (χ0) is 14.5. The molecule has 2 rings (SSSR count). The molecule has 1 aliphatic heterocycles. The van der Waals surface area contributed by atoms with Gasteiger partial charge in [0.2, 0.25) is 0 Å². The lowest BCUT2D eigenvalue weighted by Gasteiger charge is -2.26. The van der Waals surface area contributed by atoms with E-state index in [2.05, 4.69) is 0 Å². The maximum absolute atomic E-state index is 12.0. The highest BCUT2D eigenvalue weighted by atomic mass is 16.5. The SMILES string of the molecule is Cc1cc([C@@H](C)N)ccc1OCC(=O)N1CCOCC1. The van der Waals surface area contributed by atoms with Gasteiger partial charge in [-0.3, -0.25) is 4.79 Å². The first-order chi connectivity index (χ1) is 9.58. The zero-order valence-electron chi connectivity index (χ0n) is 12.1. The van der Waals surface area contributed by atoms with Gasteiger partial charge in [0.15, 0.2) is 6.61 Å². The Hall–Kier alpha value is -1.59. The maximum atomic E-state index is 12.0. The van der Waals surface area contributed by atoms with Gasteiger partial charge in [-0.2, -0.15) is 0 Å². The first-order valence-electron chi connectivity index (χ1n) is 6.92. The van der Waals surface area contributed by atoms with Gasteiger partial charge in [-0.05, 0) is 31.0 Å². The summed E-state index contributed by atoms with van der Waals surface area (Å²) in [5, 5.41) is 0. The largest absolute Gasteiger partial charge is 0.484 e. The summed E-state index contributed by atoms with van der Waals surface area (Å²) >= 11 is 0. The zero-order valence-corrected chi connectivity index (χ0v) is 12.1. The minimum Gasteiger partial charge on any atom is -0.484 e. The molecule has 0 bridgehead atoms. The number of benzene rings is 1. The molecule has 0 saturated carbocycles. The lowest BCUT2D eigenvalue weighted by Crippen LogP contribution is -2.43. The van der Waals surface area contributed by atoms with Gasteiger partial charge in [0.1, 0.15) is 5.75 Å². The molecule has 2 N–H and O–H groups in total. The van der Waals surface area contributed by atoms with Gasteiger partial charge in [0.25, 0.3) is 5.91 Å². The van der Waals surface area contributed by atoms with Gasteiger partial charge < -0.3 is 20.1 Å². The molecule has 1 aromatic carbocycles. The molecule has 5 nitrogen and oxygen atoms in total. The van der Waals surface area contributed by atoms with Crippen molar-refractivity contribution < 1.29 is 14.3 Å². The number of morpholine rings is 1. The van der Waals surface area contributed by atoms with E-state index in [1.807, 2.05) is 32.0 Å². The first-order valence-corrected chi connectivity index (χ1v) is 6.92. The Morgan fingerprint density at radius 3 is 2.75 bits per heavy atom. The van der Waals surface area contributed by atoms with E-state index in [4.69, 9.17) is 15.2 Å². The first kappa shape index (κ1) is 14.8. The smallest absolute Gasteiger partial charge is 0.260 e. The molecule has 1 aromatic rings. The summed E-state index contributed by atoms with van der Waals surface area (Å²) in [4.78, 5) is 13.8. The van der Waals surface area contributed by atoms with Crippen molar-refractivity contribution in [2.45, 2.75) is 19.9 Å². The summed E-state index contributed by atoms with van der Waals surface area (Å²) in [6.07, 6.45) is 0. The van der Waals surface area contributed by atoms with Crippen LogP contribution >= 0.6 is 0 Å². The molecule has 1 heterocycles. The van der Waals surface area contributed by atoms with Crippen molar-refractivity contribution in [2.24, 2.45) is 5.73 Å². The van der Waals surface area contributed by atoms with Crippen molar-refractivity contribution in [3.63, 3.8) is 0 Å². The van der Waals surface area contributed by atoms with E-state index in [-0.39, 0.29) is 18.6 Å². The number of rotatable bonds is 4. The fraction of sp³-hybridized carbons (Fsp3) is 0.533. The number of hydrogen-bond donors (Lipinski definition) is 1. The number of nitrogens with zero attached hydrogens (tertiary/aromatic N) is 1. The van der Waals surface area contributed by atoms with Gasteiger partial charge >= 0.3 is 0 Å². The number of amides is 1. The quantitative estimate of drug-likeness (QED) is 0.900. The Balaban J connectivity index is 1.91. The Morgan fingerprint density at radius 1 is 1.45 bits per heavy atom. The lowest BCUT2D eigenvalue weighted by molar-refractivity contribution is -0.137. The molecule has 1 fully saturated rings. The molecule has 0 unspecified atom stereocenters. The van der Waals surface area contributed by atoms with Crippen LogP contribution in [0.3, 0.4) is 0 Å². The predicted octanol–water partition coefficient (Wildman–Crippen LogP) is 1.25. The molecule has 1 amide bonds. The second kappa shape index (κ2) is 6.72. The van der Waals surface area contributed by atoms with E-state index >= 15 is 0 Å². The molecule has 5 heteroatoms. The number of carbonyl (C=O) groups is 1. The van der Waals surface area contributed by atoms with Gasteiger partial charge in [-0.15, -0.1) is 0 Å². The molecule has 0 aromatic heterocycles. The van der Waals surface area contributed by atoms with Crippen molar-refractivity contribution in [1.29, 1.82) is 0 Å².